The van der Waals surface area contributed by atoms with Crippen LogP contribution in [0.2, 0.25) is 0 Å². The van der Waals surface area contributed by atoms with Crippen LogP contribution in [0.15, 0.2) is 45.5 Å². The number of fused-ring (bicyclic) bond motifs is 1. The molecule has 3 aromatic rings. The molecule has 24 heavy (non-hydrogen) atoms. The Morgan fingerprint density at radius 1 is 1.25 bits per heavy atom. The first kappa shape index (κ1) is 16.2. The Kier molecular flexibility index (Phi) is 4.90. The lowest BCUT2D eigenvalue weighted by Gasteiger charge is -2.05. The number of anilines is 1. The highest BCUT2D eigenvalue weighted by molar-refractivity contribution is 7.99. The molecule has 0 saturated carbocycles. The second-order valence-electron chi connectivity index (χ2n) is 5.15. The number of imidazole rings is 1. The number of hydrogen-bond acceptors (Lipinski definition) is 7. The van der Waals surface area contributed by atoms with Gasteiger partial charge in [-0.05, 0) is 12.0 Å². The predicted molar refractivity (Wildman–Crippen MR) is 94.1 cm³/mol. The third kappa shape index (κ3) is 3.46. The molecule has 2 aromatic heterocycles. The van der Waals surface area contributed by atoms with E-state index in [1.165, 1.54) is 11.8 Å². The highest BCUT2D eigenvalue weighted by Gasteiger charge is 2.14. The van der Waals surface area contributed by atoms with Crippen LogP contribution in [-0.2, 0) is 6.54 Å². The molecule has 0 aliphatic heterocycles. The van der Waals surface area contributed by atoms with Crippen molar-refractivity contribution in [1.29, 1.82) is 0 Å². The van der Waals surface area contributed by atoms with Crippen LogP contribution < -0.4 is 11.4 Å². The first-order valence-electron chi connectivity index (χ1n) is 7.41. The van der Waals surface area contributed by atoms with E-state index < -0.39 is 0 Å². The van der Waals surface area contributed by atoms with E-state index in [4.69, 9.17) is 5.73 Å². The molecule has 0 radical (unpaired) electrons. The molecule has 0 saturated heterocycles. The largest absolute Gasteiger partial charge is 0.382 e. The quantitative estimate of drug-likeness (QED) is 0.293. The van der Waals surface area contributed by atoms with Gasteiger partial charge >= 0.3 is 5.69 Å². The van der Waals surface area contributed by atoms with Crippen molar-refractivity contribution in [2.45, 2.75) is 18.1 Å². The molecular weight excluding hydrogens is 328 g/mol. The van der Waals surface area contributed by atoms with E-state index >= 15 is 0 Å². The lowest BCUT2D eigenvalue weighted by Crippen LogP contribution is -2.17. The Morgan fingerprint density at radius 2 is 2.04 bits per heavy atom. The number of nitrogens with one attached hydrogen (secondary N) is 1. The minimum Gasteiger partial charge on any atom is -0.382 e. The minimum atomic E-state index is -0.276. The monoisotopic (exact) mass is 344 g/mol. The van der Waals surface area contributed by atoms with Crippen LogP contribution in [-0.4, -0.2) is 31.8 Å². The van der Waals surface area contributed by atoms with E-state index in [0.717, 1.165) is 5.56 Å². The number of nitrogens with two attached hydrogens (primary N) is 1. The van der Waals surface area contributed by atoms with Gasteiger partial charge in [-0.1, -0.05) is 47.3 Å². The zero-order chi connectivity index (χ0) is 16.9. The third-order valence-electron chi connectivity index (χ3n) is 3.44. The van der Waals surface area contributed by atoms with E-state index in [0.29, 0.717) is 35.0 Å². The number of aromatic nitrogens is 4. The Bertz CT molecular complexity index is 905. The van der Waals surface area contributed by atoms with Crippen molar-refractivity contribution < 1.29 is 0 Å². The maximum Gasteiger partial charge on any atom is 0.328 e. The van der Waals surface area contributed by atoms with Crippen LogP contribution in [0.3, 0.4) is 0 Å². The van der Waals surface area contributed by atoms with Gasteiger partial charge in [0.1, 0.15) is 5.52 Å². The number of thioether (sulfide) groups is 1. The summed E-state index contributed by atoms with van der Waals surface area (Å²) in [5.41, 5.74) is 7.58. The Balaban J connectivity index is 1.93. The molecule has 0 atom stereocenters. The van der Waals surface area contributed by atoms with Gasteiger partial charge in [-0.3, -0.25) is 4.57 Å². The fourth-order valence-electron chi connectivity index (χ4n) is 2.30. The van der Waals surface area contributed by atoms with Crippen molar-refractivity contribution in [3.05, 3.63) is 51.3 Å². The van der Waals surface area contributed by atoms with Gasteiger partial charge in [0, 0.05) is 5.75 Å². The summed E-state index contributed by atoms with van der Waals surface area (Å²) in [7, 11) is 0. The molecule has 0 aliphatic rings. The Labute approximate surface area is 141 Å². The number of rotatable bonds is 7. The minimum absolute atomic E-state index is 0.236. The summed E-state index contributed by atoms with van der Waals surface area (Å²) in [6, 6.07) is 9.64. The molecule has 0 aliphatic carbocycles. The highest BCUT2D eigenvalue weighted by Crippen LogP contribution is 2.21. The summed E-state index contributed by atoms with van der Waals surface area (Å²) >= 11 is 1.38. The molecule has 3 rings (SSSR count). The summed E-state index contributed by atoms with van der Waals surface area (Å²) < 4.78 is 1.54. The smallest absolute Gasteiger partial charge is 0.328 e. The molecular formula is C15H16N6O2S. The van der Waals surface area contributed by atoms with Crippen molar-refractivity contribution in [3.8, 4) is 0 Å². The molecule has 0 unspecified atom stereocenters. The van der Waals surface area contributed by atoms with E-state index in [-0.39, 0.29) is 18.1 Å². The van der Waals surface area contributed by atoms with Crippen LogP contribution in [0.1, 0.15) is 12.0 Å². The number of nitrogen functional groups attached to an aromatic ring is 1. The molecule has 0 bridgehead atoms. The lowest BCUT2D eigenvalue weighted by atomic mass is 10.2. The SMILES string of the molecule is Nc1nc(SCCCN=O)nc2c1[nH]c(=O)n2Cc1ccccc1. The Hall–Kier alpha value is -2.68. The van der Waals surface area contributed by atoms with Crippen molar-refractivity contribution in [3.63, 3.8) is 0 Å². The molecule has 0 fully saturated rings. The van der Waals surface area contributed by atoms with E-state index in [9.17, 15) is 9.70 Å². The van der Waals surface area contributed by atoms with Crippen LogP contribution in [0.25, 0.3) is 11.2 Å². The van der Waals surface area contributed by atoms with E-state index in [1.54, 1.807) is 4.57 Å². The molecule has 0 spiro atoms. The van der Waals surface area contributed by atoms with Crippen molar-refractivity contribution in [2.75, 3.05) is 18.0 Å². The van der Waals surface area contributed by atoms with Gasteiger partial charge < -0.3 is 10.7 Å². The normalized spacial score (nSPS) is 11.0. The third-order valence-corrected chi connectivity index (χ3v) is 4.37. The van der Waals surface area contributed by atoms with Crippen LogP contribution in [0.4, 0.5) is 5.82 Å². The summed E-state index contributed by atoms with van der Waals surface area (Å²) in [5, 5.41) is 3.30. The second-order valence-corrected chi connectivity index (χ2v) is 6.21. The average molecular weight is 344 g/mol. The Morgan fingerprint density at radius 3 is 2.79 bits per heavy atom. The van der Waals surface area contributed by atoms with Gasteiger partial charge in [0.2, 0.25) is 0 Å². The number of aromatic amines is 1. The number of nitrogens with zero attached hydrogens (tertiary/aromatic N) is 4. The van der Waals surface area contributed by atoms with Crippen LogP contribution in [0, 0.1) is 4.91 Å². The first-order chi connectivity index (χ1) is 11.7. The predicted octanol–water partition coefficient (Wildman–Crippen LogP) is 2.00. The summed E-state index contributed by atoms with van der Waals surface area (Å²) in [6.45, 7) is 0.656. The zero-order valence-corrected chi connectivity index (χ0v) is 13.6. The molecule has 9 heteroatoms. The van der Waals surface area contributed by atoms with Crippen molar-refractivity contribution in [1.82, 2.24) is 19.5 Å². The molecule has 2 heterocycles. The number of nitroso groups, excluding NO2 is 1. The van der Waals surface area contributed by atoms with Crippen molar-refractivity contribution in [2.24, 2.45) is 5.18 Å². The fourth-order valence-corrected chi connectivity index (χ4v) is 3.07. The number of H-pyrrole nitrogens is 1. The molecule has 0 amide bonds. The first-order valence-corrected chi connectivity index (χ1v) is 8.39. The summed E-state index contributed by atoms with van der Waals surface area (Å²) in [4.78, 5) is 33.7. The van der Waals surface area contributed by atoms with Gasteiger partial charge in [0.05, 0.1) is 13.1 Å². The summed E-state index contributed by atoms with van der Waals surface area (Å²) in [6.07, 6.45) is 0.638. The van der Waals surface area contributed by atoms with Gasteiger partial charge in [0.25, 0.3) is 0 Å². The van der Waals surface area contributed by atoms with Crippen LogP contribution >= 0.6 is 11.8 Å². The highest BCUT2D eigenvalue weighted by atomic mass is 32.2. The molecule has 1 aromatic carbocycles. The summed E-state index contributed by atoms with van der Waals surface area (Å²) in [5.74, 6) is 0.893. The molecule has 8 nitrogen and oxygen atoms in total. The van der Waals surface area contributed by atoms with Gasteiger partial charge in [-0.2, -0.15) is 4.91 Å². The van der Waals surface area contributed by atoms with E-state index in [2.05, 4.69) is 20.1 Å². The maximum absolute atomic E-state index is 12.2. The van der Waals surface area contributed by atoms with Gasteiger partial charge in [-0.25, -0.2) is 14.8 Å². The number of benzene rings is 1. The maximum atomic E-state index is 12.2. The number of hydrogen-bond donors (Lipinski definition) is 2. The van der Waals surface area contributed by atoms with Crippen molar-refractivity contribution >= 4 is 28.7 Å². The average Bonchev–Trinajstić information content (AvgIpc) is 2.90. The molecule has 124 valence electrons. The topological polar surface area (TPSA) is 119 Å². The zero-order valence-electron chi connectivity index (χ0n) is 12.8. The second kappa shape index (κ2) is 7.26. The van der Waals surface area contributed by atoms with Gasteiger partial charge in [0.15, 0.2) is 16.6 Å². The van der Waals surface area contributed by atoms with Gasteiger partial charge in [-0.15, -0.1) is 0 Å². The van der Waals surface area contributed by atoms with E-state index in [1.807, 2.05) is 30.3 Å². The molecule has 3 N–H and O–H groups in total. The lowest BCUT2D eigenvalue weighted by molar-refractivity contribution is 0.771. The standard InChI is InChI=1S/C15H16N6O2S/c16-12-11-13(20-14(19-12)24-8-4-7-17-23)21(15(22)18-11)9-10-5-2-1-3-6-10/h1-3,5-6H,4,7-9H2,(H,18,22)(H2,16,19,20). The fraction of sp³-hybridized carbons (Fsp3) is 0.267. The van der Waals surface area contributed by atoms with Crippen LogP contribution in [0.5, 0.6) is 0 Å².